The minimum absolute atomic E-state index is 0.117. The van der Waals surface area contributed by atoms with Crippen LogP contribution in [0.15, 0.2) is 65.1 Å². The Hall–Kier alpha value is -3.40. The number of fused-ring (bicyclic) bond motifs is 1. The van der Waals surface area contributed by atoms with E-state index in [1.54, 1.807) is 0 Å². The quantitative estimate of drug-likeness (QED) is 0.514. The average molecular weight is 356 g/mol. The first-order valence-electron chi connectivity index (χ1n) is 8.86. The molecule has 0 aliphatic heterocycles. The number of hydrogen-bond acceptors (Lipinski definition) is 3. The molecule has 0 bridgehead atoms. The fourth-order valence-corrected chi connectivity index (χ4v) is 3.03. The second-order valence-corrected chi connectivity index (χ2v) is 6.77. The first-order chi connectivity index (χ1) is 13.0. The summed E-state index contributed by atoms with van der Waals surface area (Å²) in [5.41, 5.74) is 7.23. The van der Waals surface area contributed by atoms with Gasteiger partial charge in [-0.15, -0.1) is 0 Å². The van der Waals surface area contributed by atoms with Crippen molar-refractivity contribution in [1.82, 2.24) is 4.98 Å². The van der Waals surface area contributed by atoms with Crippen LogP contribution in [-0.4, -0.2) is 10.9 Å². The Bertz CT molecular complexity index is 1100. The number of aromatic nitrogens is 1. The molecule has 4 aromatic rings. The van der Waals surface area contributed by atoms with E-state index in [0.29, 0.717) is 11.5 Å². The van der Waals surface area contributed by atoms with E-state index in [-0.39, 0.29) is 5.91 Å². The second kappa shape index (κ2) is 6.72. The van der Waals surface area contributed by atoms with Gasteiger partial charge in [-0.2, -0.15) is 0 Å². The summed E-state index contributed by atoms with van der Waals surface area (Å²) >= 11 is 0. The number of hydrogen-bond donors (Lipinski definition) is 1. The standard InChI is InChI=1S/C23H20N2O2/c1-14-6-4-5-7-19(14)22(26)24-18-10-8-17(9-11-18)23-25-20-12-15(2)16(3)13-21(20)27-23/h4-13H,1-3H3,(H,24,26). The molecule has 0 atom stereocenters. The number of nitrogens with one attached hydrogen (secondary N) is 1. The predicted octanol–water partition coefficient (Wildman–Crippen LogP) is 5.67. The van der Waals surface area contributed by atoms with E-state index in [0.717, 1.165) is 27.9 Å². The molecule has 0 spiro atoms. The summed E-state index contributed by atoms with van der Waals surface area (Å²) in [6.07, 6.45) is 0. The average Bonchev–Trinajstić information content (AvgIpc) is 3.05. The molecule has 4 nitrogen and oxygen atoms in total. The van der Waals surface area contributed by atoms with Crippen LogP contribution in [-0.2, 0) is 0 Å². The van der Waals surface area contributed by atoms with Crippen LogP contribution in [0, 0.1) is 20.8 Å². The molecule has 1 heterocycles. The molecule has 0 unspecified atom stereocenters. The number of aryl methyl sites for hydroxylation is 3. The molecule has 4 rings (SSSR count). The number of oxazole rings is 1. The van der Waals surface area contributed by atoms with Crippen molar-refractivity contribution >= 4 is 22.7 Å². The van der Waals surface area contributed by atoms with Gasteiger partial charge in [0.25, 0.3) is 5.91 Å². The normalized spacial score (nSPS) is 10.9. The van der Waals surface area contributed by atoms with Crippen LogP contribution in [0.25, 0.3) is 22.6 Å². The molecule has 0 saturated carbocycles. The molecule has 1 N–H and O–H groups in total. The van der Waals surface area contributed by atoms with E-state index in [4.69, 9.17) is 4.42 Å². The molecular formula is C23H20N2O2. The first-order valence-corrected chi connectivity index (χ1v) is 8.86. The fourth-order valence-electron chi connectivity index (χ4n) is 3.03. The van der Waals surface area contributed by atoms with E-state index < -0.39 is 0 Å². The summed E-state index contributed by atoms with van der Waals surface area (Å²) in [5.74, 6) is 0.459. The summed E-state index contributed by atoms with van der Waals surface area (Å²) in [4.78, 5) is 17.0. The van der Waals surface area contributed by atoms with E-state index in [1.165, 1.54) is 11.1 Å². The minimum atomic E-state index is -0.117. The third kappa shape index (κ3) is 3.34. The zero-order valence-corrected chi connectivity index (χ0v) is 15.5. The predicted molar refractivity (Wildman–Crippen MR) is 108 cm³/mol. The summed E-state index contributed by atoms with van der Waals surface area (Å²) < 4.78 is 5.90. The molecule has 1 aromatic heterocycles. The monoisotopic (exact) mass is 356 g/mol. The molecule has 0 fully saturated rings. The SMILES string of the molecule is Cc1cc2nc(-c3ccc(NC(=O)c4ccccc4C)cc3)oc2cc1C. The van der Waals surface area contributed by atoms with Gasteiger partial charge in [0.05, 0.1) is 0 Å². The van der Waals surface area contributed by atoms with Gasteiger partial charge in [-0.1, -0.05) is 18.2 Å². The van der Waals surface area contributed by atoms with Crippen molar-refractivity contribution in [3.05, 3.63) is 82.9 Å². The highest BCUT2D eigenvalue weighted by molar-refractivity contribution is 6.05. The van der Waals surface area contributed by atoms with Crippen molar-refractivity contribution in [2.75, 3.05) is 5.32 Å². The Morgan fingerprint density at radius 3 is 2.33 bits per heavy atom. The van der Waals surface area contributed by atoms with Crippen LogP contribution < -0.4 is 5.32 Å². The molecule has 1 amide bonds. The van der Waals surface area contributed by atoms with Crippen LogP contribution in [0.2, 0.25) is 0 Å². The lowest BCUT2D eigenvalue weighted by Crippen LogP contribution is -2.13. The highest BCUT2D eigenvalue weighted by atomic mass is 16.3. The van der Waals surface area contributed by atoms with Crippen molar-refractivity contribution in [2.24, 2.45) is 0 Å². The van der Waals surface area contributed by atoms with E-state index >= 15 is 0 Å². The maximum absolute atomic E-state index is 12.4. The maximum atomic E-state index is 12.4. The second-order valence-electron chi connectivity index (χ2n) is 6.77. The summed E-state index contributed by atoms with van der Waals surface area (Å²) in [5, 5.41) is 2.93. The summed E-state index contributed by atoms with van der Waals surface area (Å²) in [6.45, 7) is 6.05. The largest absolute Gasteiger partial charge is 0.436 e. The number of carbonyl (C=O) groups excluding carboxylic acids is 1. The van der Waals surface area contributed by atoms with Gasteiger partial charge in [-0.3, -0.25) is 4.79 Å². The van der Waals surface area contributed by atoms with Gasteiger partial charge in [0.1, 0.15) is 5.52 Å². The molecule has 4 heteroatoms. The van der Waals surface area contributed by atoms with Gasteiger partial charge in [0.2, 0.25) is 5.89 Å². The molecule has 3 aromatic carbocycles. The van der Waals surface area contributed by atoms with E-state index in [1.807, 2.05) is 67.6 Å². The van der Waals surface area contributed by atoms with Crippen molar-refractivity contribution in [3.8, 4) is 11.5 Å². The third-order valence-electron chi connectivity index (χ3n) is 4.78. The molecular weight excluding hydrogens is 336 g/mol. The van der Waals surface area contributed by atoms with Crippen molar-refractivity contribution in [3.63, 3.8) is 0 Å². The molecule has 134 valence electrons. The lowest BCUT2D eigenvalue weighted by molar-refractivity contribution is 0.102. The van der Waals surface area contributed by atoms with Gasteiger partial charge < -0.3 is 9.73 Å². The van der Waals surface area contributed by atoms with Crippen molar-refractivity contribution < 1.29 is 9.21 Å². The number of benzene rings is 3. The van der Waals surface area contributed by atoms with E-state index in [2.05, 4.69) is 24.1 Å². The van der Waals surface area contributed by atoms with Crippen molar-refractivity contribution in [1.29, 1.82) is 0 Å². The Morgan fingerprint density at radius 2 is 1.59 bits per heavy atom. The Labute approximate surface area is 157 Å². The van der Waals surface area contributed by atoms with Gasteiger partial charge >= 0.3 is 0 Å². The zero-order valence-electron chi connectivity index (χ0n) is 15.5. The van der Waals surface area contributed by atoms with Gasteiger partial charge in [0, 0.05) is 16.8 Å². The van der Waals surface area contributed by atoms with Crippen LogP contribution in [0.5, 0.6) is 0 Å². The van der Waals surface area contributed by atoms with Gasteiger partial charge in [-0.25, -0.2) is 4.98 Å². The van der Waals surface area contributed by atoms with Gasteiger partial charge in [0.15, 0.2) is 5.58 Å². The lowest BCUT2D eigenvalue weighted by atomic mass is 10.1. The highest BCUT2D eigenvalue weighted by Gasteiger charge is 2.11. The van der Waals surface area contributed by atoms with Crippen LogP contribution in [0.1, 0.15) is 27.0 Å². The van der Waals surface area contributed by atoms with Crippen LogP contribution in [0.4, 0.5) is 5.69 Å². The Kier molecular flexibility index (Phi) is 4.24. The lowest BCUT2D eigenvalue weighted by Gasteiger charge is -2.07. The number of rotatable bonds is 3. The smallest absolute Gasteiger partial charge is 0.255 e. The number of nitrogens with zero attached hydrogens (tertiary/aromatic N) is 1. The third-order valence-corrected chi connectivity index (χ3v) is 4.78. The summed E-state index contributed by atoms with van der Waals surface area (Å²) in [7, 11) is 0. The fraction of sp³-hybridized carbons (Fsp3) is 0.130. The maximum Gasteiger partial charge on any atom is 0.255 e. The molecule has 0 saturated heterocycles. The van der Waals surface area contributed by atoms with Crippen LogP contribution in [0.3, 0.4) is 0 Å². The Balaban J connectivity index is 1.57. The topological polar surface area (TPSA) is 55.1 Å². The zero-order chi connectivity index (χ0) is 19.0. The molecule has 0 aliphatic carbocycles. The number of amides is 1. The van der Waals surface area contributed by atoms with E-state index in [9.17, 15) is 4.79 Å². The molecule has 27 heavy (non-hydrogen) atoms. The molecule has 0 aliphatic rings. The molecule has 0 radical (unpaired) electrons. The Morgan fingerprint density at radius 1 is 0.889 bits per heavy atom. The number of carbonyl (C=O) groups is 1. The van der Waals surface area contributed by atoms with Crippen molar-refractivity contribution in [2.45, 2.75) is 20.8 Å². The first kappa shape index (κ1) is 17.0. The van der Waals surface area contributed by atoms with Crippen LogP contribution >= 0.6 is 0 Å². The number of anilines is 1. The summed E-state index contributed by atoms with van der Waals surface area (Å²) in [6, 6.07) is 19.1. The minimum Gasteiger partial charge on any atom is -0.436 e. The van der Waals surface area contributed by atoms with Gasteiger partial charge in [-0.05, 0) is 79.9 Å². The highest BCUT2D eigenvalue weighted by Crippen LogP contribution is 2.27.